The maximum absolute atomic E-state index is 13.3. The van der Waals surface area contributed by atoms with Crippen LogP contribution in [0.4, 0.5) is 10.1 Å². The van der Waals surface area contributed by atoms with Crippen molar-refractivity contribution in [3.8, 4) is 11.5 Å². The van der Waals surface area contributed by atoms with E-state index in [2.05, 4.69) is 0 Å². The van der Waals surface area contributed by atoms with E-state index in [0.717, 1.165) is 11.6 Å². The average Bonchev–Trinajstić information content (AvgIpc) is 2.29. The fraction of sp³-hybridized carbons (Fsp3) is 0.0769. The Hall–Kier alpha value is -1.45. The highest BCUT2D eigenvalue weighted by atomic mass is 35.5. The van der Waals surface area contributed by atoms with Gasteiger partial charge in [0.25, 0.3) is 0 Å². The maximum atomic E-state index is 13.3. The molecule has 0 spiro atoms. The van der Waals surface area contributed by atoms with Gasteiger partial charge in [0.2, 0.25) is 0 Å². The molecule has 2 nitrogen and oxygen atoms in total. The summed E-state index contributed by atoms with van der Waals surface area (Å²) in [6.45, 7) is 1.91. The Balaban J connectivity index is 2.37. The summed E-state index contributed by atoms with van der Waals surface area (Å²) in [6, 6.07) is 7.72. The van der Waals surface area contributed by atoms with E-state index in [-0.39, 0.29) is 16.5 Å². The standard InChI is InChI=1S/C13H10Cl2FNO/c1-7-2-3-12(9(15)4-7)18-13-6-10(16)8(14)5-11(13)17/h2-6H,17H2,1H3. The molecule has 0 radical (unpaired) electrons. The number of benzene rings is 2. The highest BCUT2D eigenvalue weighted by molar-refractivity contribution is 6.32. The molecule has 0 saturated carbocycles. The number of hydrogen-bond acceptors (Lipinski definition) is 2. The molecule has 2 aromatic rings. The summed E-state index contributed by atoms with van der Waals surface area (Å²) in [6.07, 6.45) is 0. The van der Waals surface area contributed by atoms with Crippen molar-refractivity contribution in [2.45, 2.75) is 6.92 Å². The SMILES string of the molecule is Cc1ccc(Oc2cc(F)c(Cl)cc2N)c(Cl)c1. The van der Waals surface area contributed by atoms with Crippen LogP contribution in [0.1, 0.15) is 5.56 Å². The number of ether oxygens (including phenoxy) is 1. The van der Waals surface area contributed by atoms with Crippen LogP contribution in [0.2, 0.25) is 10.0 Å². The predicted molar refractivity (Wildman–Crippen MR) is 72.1 cm³/mol. The highest BCUT2D eigenvalue weighted by Crippen LogP contribution is 2.35. The van der Waals surface area contributed by atoms with Gasteiger partial charge in [-0.1, -0.05) is 29.3 Å². The monoisotopic (exact) mass is 285 g/mol. The predicted octanol–water partition coefficient (Wildman–Crippen LogP) is 4.82. The first-order chi connectivity index (χ1) is 8.47. The van der Waals surface area contributed by atoms with Gasteiger partial charge in [0.05, 0.1) is 15.7 Å². The van der Waals surface area contributed by atoms with Crippen molar-refractivity contribution in [1.82, 2.24) is 0 Å². The summed E-state index contributed by atoms with van der Waals surface area (Å²) in [5, 5.41) is 0.389. The average molecular weight is 286 g/mol. The summed E-state index contributed by atoms with van der Waals surface area (Å²) in [7, 11) is 0. The number of hydrogen-bond donors (Lipinski definition) is 1. The lowest BCUT2D eigenvalue weighted by Gasteiger charge is -2.11. The Bertz CT molecular complexity index is 602. The molecule has 2 N–H and O–H groups in total. The molecule has 0 aliphatic carbocycles. The minimum atomic E-state index is -0.593. The molecule has 18 heavy (non-hydrogen) atoms. The molecule has 0 aliphatic rings. The van der Waals surface area contributed by atoms with E-state index in [9.17, 15) is 4.39 Å². The van der Waals surface area contributed by atoms with Crippen molar-refractivity contribution >= 4 is 28.9 Å². The molecule has 0 unspecified atom stereocenters. The summed E-state index contributed by atoms with van der Waals surface area (Å²) in [5.41, 5.74) is 6.95. The lowest BCUT2D eigenvalue weighted by Crippen LogP contribution is -1.94. The number of nitrogens with two attached hydrogens (primary N) is 1. The molecule has 0 saturated heterocycles. The number of anilines is 1. The van der Waals surface area contributed by atoms with Crippen LogP contribution in [-0.2, 0) is 0 Å². The topological polar surface area (TPSA) is 35.2 Å². The molecule has 0 aliphatic heterocycles. The lowest BCUT2D eigenvalue weighted by molar-refractivity contribution is 0.479. The van der Waals surface area contributed by atoms with Crippen molar-refractivity contribution in [3.63, 3.8) is 0 Å². The van der Waals surface area contributed by atoms with Gasteiger partial charge in [-0.15, -0.1) is 0 Å². The van der Waals surface area contributed by atoms with E-state index in [4.69, 9.17) is 33.7 Å². The second kappa shape index (κ2) is 5.04. The van der Waals surface area contributed by atoms with E-state index in [1.807, 2.05) is 13.0 Å². The summed E-state index contributed by atoms with van der Waals surface area (Å²) in [4.78, 5) is 0. The highest BCUT2D eigenvalue weighted by Gasteiger charge is 2.10. The first-order valence-electron chi connectivity index (χ1n) is 5.16. The smallest absolute Gasteiger partial charge is 0.153 e. The second-order valence-corrected chi connectivity index (χ2v) is 4.65. The number of rotatable bonds is 2. The molecular formula is C13H10Cl2FNO. The van der Waals surface area contributed by atoms with Crippen molar-refractivity contribution in [2.24, 2.45) is 0 Å². The van der Waals surface area contributed by atoms with Crippen LogP contribution in [0.15, 0.2) is 30.3 Å². The Morgan fingerprint density at radius 1 is 1.06 bits per heavy atom. The number of nitrogen functional groups attached to an aromatic ring is 1. The van der Waals surface area contributed by atoms with Gasteiger partial charge in [-0.3, -0.25) is 0 Å². The summed E-state index contributed by atoms with van der Waals surface area (Å²) >= 11 is 11.6. The molecule has 2 aromatic carbocycles. The van der Waals surface area contributed by atoms with Crippen LogP contribution in [0.5, 0.6) is 11.5 Å². The molecule has 0 fully saturated rings. The second-order valence-electron chi connectivity index (χ2n) is 3.84. The molecule has 2 rings (SSSR count). The van der Waals surface area contributed by atoms with Crippen molar-refractivity contribution in [3.05, 3.63) is 51.8 Å². The van der Waals surface area contributed by atoms with E-state index in [1.165, 1.54) is 6.07 Å². The third-order valence-corrected chi connectivity index (χ3v) is 2.95. The van der Waals surface area contributed by atoms with Gasteiger partial charge in [0.15, 0.2) is 5.75 Å². The first kappa shape index (κ1) is 13.0. The molecule has 94 valence electrons. The Kier molecular flexibility index (Phi) is 3.64. The number of halogens is 3. The van der Waals surface area contributed by atoms with Crippen LogP contribution < -0.4 is 10.5 Å². The normalized spacial score (nSPS) is 10.4. The summed E-state index contributed by atoms with van der Waals surface area (Å²) in [5.74, 6) is 0.00226. The van der Waals surface area contributed by atoms with E-state index >= 15 is 0 Å². The molecule has 5 heteroatoms. The molecule has 0 bridgehead atoms. The van der Waals surface area contributed by atoms with Crippen molar-refractivity contribution in [1.29, 1.82) is 0 Å². The van der Waals surface area contributed by atoms with Crippen LogP contribution in [0, 0.1) is 12.7 Å². The molecule has 0 aromatic heterocycles. The third kappa shape index (κ3) is 2.68. The molecule has 0 heterocycles. The Morgan fingerprint density at radius 3 is 2.44 bits per heavy atom. The lowest BCUT2D eigenvalue weighted by atomic mass is 10.2. The Labute approximate surface area is 114 Å². The zero-order valence-corrected chi connectivity index (χ0v) is 11.0. The van der Waals surface area contributed by atoms with Crippen LogP contribution in [0.25, 0.3) is 0 Å². The van der Waals surface area contributed by atoms with Crippen molar-refractivity contribution < 1.29 is 9.13 Å². The minimum Gasteiger partial charge on any atom is -0.454 e. The van der Waals surface area contributed by atoms with Crippen LogP contribution >= 0.6 is 23.2 Å². The molecular weight excluding hydrogens is 276 g/mol. The van der Waals surface area contributed by atoms with Crippen molar-refractivity contribution in [2.75, 3.05) is 5.73 Å². The maximum Gasteiger partial charge on any atom is 0.153 e. The van der Waals surface area contributed by atoms with E-state index < -0.39 is 5.82 Å². The zero-order valence-electron chi connectivity index (χ0n) is 9.51. The third-order valence-electron chi connectivity index (χ3n) is 2.36. The van der Waals surface area contributed by atoms with Gasteiger partial charge in [-0.05, 0) is 30.7 Å². The van der Waals surface area contributed by atoms with Gasteiger partial charge in [-0.25, -0.2) is 4.39 Å². The van der Waals surface area contributed by atoms with Crippen LogP contribution in [-0.4, -0.2) is 0 Å². The minimum absolute atomic E-state index is 0.0464. The van der Waals surface area contributed by atoms with Gasteiger partial charge < -0.3 is 10.5 Å². The van der Waals surface area contributed by atoms with Gasteiger partial charge >= 0.3 is 0 Å². The van der Waals surface area contributed by atoms with Crippen LogP contribution in [0.3, 0.4) is 0 Å². The van der Waals surface area contributed by atoms with E-state index in [0.29, 0.717) is 10.8 Å². The summed E-state index contributed by atoms with van der Waals surface area (Å²) < 4.78 is 18.8. The van der Waals surface area contributed by atoms with Gasteiger partial charge in [0.1, 0.15) is 11.6 Å². The zero-order chi connectivity index (χ0) is 13.3. The quantitative estimate of drug-likeness (QED) is 0.803. The molecule has 0 amide bonds. The fourth-order valence-electron chi connectivity index (χ4n) is 1.44. The Morgan fingerprint density at radius 2 is 1.78 bits per heavy atom. The largest absolute Gasteiger partial charge is 0.454 e. The van der Waals surface area contributed by atoms with Gasteiger partial charge in [-0.2, -0.15) is 0 Å². The van der Waals surface area contributed by atoms with E-state index in [1.54, 1.807) is 12.1 Å². The van der Waals surface area contributed by atoms with Gasteiger partial charge in [0, 0.05) is 6.07 Å². The first-order valence-corrected chi connectivity index (χ1v) is 5.91. The molecule has 0 atom stereocenters. The number of aryl methyl sites for hydroxylation is 1. The fourth-order valence-corrected chi connectivity index (χ4v) is 1.89.